The Morgan fingerprint density at radius 2 is 2.00 bits per heavy atom. The first-order valence-electron chi connectivity index (χ1n) is 14.2. The van der Waals surface area contributed by atoms with Crippen molar-refractivity contribution in [3.05, 3.63) is 0 Å². The Balaban J connectivity index is 1.29. The molecule has 6 aliphatic rings. The second-order valence-corrected chi connectivity index (χ2v) is 13.2. The number of nitrogens with zero attached hydrogens (tertiary/aromatic N) is 1. The number of imide groups is 1. The van der Waals surface area contributed by atoms with Crippen molar-refractivity contribution in [3.8, 4) is 0 Å². The number of Topliss-reactive ketones (excluding diaryl/α,β-unsaturated/α-hetero) is 1. The van der Waals surface area contributed by atoms with Crippen LogP contribution in [-0.4, -0.2) is 72.8 Å². The van der Waals surface area contributed by atoms with Gasteiger partial charge in [0.05, 0.1) is 18.6 Å². The lowest BCUT2D eigenvalue weighted by atomic mass is 9.50. The van der Waals surface area contributed by atoms with Gasteiger partial charge in [0.1, 0.15) is 11.9 Å². The number of hydrogen-bond acceptors (Lipinski definition) is 7. The van der Waals surface area contributed by atoms with Crippen molar-refractivity contribution in [3.63, 3.8) is 0 Å². The van der Waals surface area contributed by atoms with Crippen LogP contribution in [-0.2, 0) is 19.1 Å². The van der Waals surface area contributed by atoms with Crippen LogP contribution in [0.2, 0.25) is 0 Å². The molecule has 1 spiro atoms. The number of rotatable bonds is 5. The number of carbonyl (C=O) groups is 3. The first-order valence-corrected chi connectivity index (χ1v) is 14.2. The summed E-state index contributed by atoms with van der Waals surface area (Å²) in [6.07, 6.45) is 3.67. The van der Waals surface area contributed by atoms with Crippen LogP contribution in [0, 0.1) is 45.8 Å². The molecule has 2 saturated heterocycles. The molecule has 4 saturated carbocycles. The number of ether oxygens (including phenoxy) is 2. The number of amides is 2. The number of aliphatic hydroxyl groups is 1. The zero-order chi connectivity index (χ0) is 25.5. The Morgan fingerprint density at radius 3 is 2.69 bits per heavy atom. The molecular weight excluding hydrogens is 460 g/mol. The molecule has 2 heterocycles. The van der Waals surface area contributed by atoms with Gasteiger partial charge in [-0.05, 0) is 75.2 Å². The van der Waals surface area contributed by atoms with E-state index in [0.717, 1.165) is 45.2 Å². The zero-order valence-electron chi connectivity index (χ0n) is 22.0. The van der Waals surface area contributed by atoms with Gasteiger partial charge < -0.3 is 19.5 Å². The fourth-order valence-electron chi connectivity index (χ4n) is 9.62. The molecular formula is C28H42N2O6. The van der Waals surface area contributed by atoms with Crippen LogP contribution >= 0.6 is 0 Å². The quantitative estimate of drug-likeness (QED) is 0.596. The molecule has 8 heteroatoms. The fourth-order valence-corrected chi connectivity index (χ4v) is 9.62. The van der Waals surface area contributed by atoms with Gasteiger partial charge in [-0.1, -0.05) is 13.8 Å². The van der Waals surface area contributed by atoms with Gasteiger partial charge in [0.25, 0.3) is 0 Å². The van der Waals surface area contributed by atoms with E-state index in [4.69, 9.17) is 9.47 Å². The second-order valence-electron chi connectivity index (χ2n) is 13.2. The number of fused-ring (bicyclic) bond motifs is 2. The molecule has 6 fully saturated rings. The third-order valence-electron chi connectivity index (χ3n) is 11.6. The van der Waals surface area contributed by atoms with E-state index in [0.29, 0.717) is 44.4 Å². The van der Waals surface area contributed by atoms with Crippen molar-refractivity contribution in [2.24, 2.45) is 45.8 Å². The highest BCUT2D eigenvalue weighted by atomic mass is 16.6. The summed E-state index contributed by atoms with van der Waals surface area (Å²) >= 11 is 0. The van der Waals surface area contributed by atoms with Gasteiger partial charge >= 0.3 is 6.09 Å². The van der Waals surface area contributed by atoms with E-state index in [1.54, 1.807) is 0 Å². The predicted molar refractivity (Wildman–Crippen MR) is 131 cm³/mol. The first-order chi connectivity index (χ1) is 17.1. The largest absolute Gasteiger partial charge is 0.445 e. The van der Waals surface area contributed by atoms with Crippen molar-refractivity contribution >= 4 is 17.8 Å². The van der Waals surface area contributed by atoms with Crippen LogP contribution in [0.1, 0.15) is 65.7 Å². The van der Waals surface area contributed by atoms with Crippen molar-refractivity contribution in [2.45, 2.75) is 77.9 Å². The van der Waals surface area contributed by atoms with E-state index in [-0.39, 0.29) is 40.3 Å². The normalized spacial score (nSPS) is 50.6. The van der Waals surface area contributed by atoms with Crippen molar-refractivity contribution < 1.29 is 29.0 Å². The van der Waals surface area contributed by atoms with E-state index in [1.165, 1.54) is 0 Å². The molecule has 0 aromatic carbocycles. The molecule has 0 aromatic rings. The van der Waals surface area contributed by atoms with Crippen molar-refractivity contribution in [2.75, 3.05) is 32.8 Å². The van der Waals surface area contributed by atoms with Gasteiger partial charge in [-0.25, -0.2) is 4.79 Å². The minimum absolute atomic E-state index is 0.0398. The summed E-state index contributed by atoms with van der Waals surface area (Å²) < 4.78 is 12.0. The number of aliphatic hydroxyl groups excluding tert-OH is 1. The van der Waals surface area contributed by atoms with Crippen molar-refractivity contribution in [1.29, 1.82) is 0 Å². The van der Waals surface area contributed by atoms with E-state index < -0.39 is 23.7 Å². The fraction of sp³-hybridized carbons (Fsp3) is 0.893. The maximum absolute atomic E-state index is 13.4. The number of nitrogens with one attached hydrogen (secondary N) is 1. The molecule has 4 aliphatic carbocycles. The summed E-state index contributed by atoms with van der Waals surface area (Å²) in [7, 11) is 0. The molecule has 200 valence electrons. The minimum atomic E-state index is -0.703. The number of hydrogen-bond donors (Lipinski definition) is 2. The van der Waals surface area contributed by atoms with Gasteiger partial charge in [-0.2, -0.15) is 0 Å². The summed E-state index contributed by atoms with van der Waals surface area (Å²) in [6.45, 7) is 9.66. The van der Waals surface area contributed by atoms with Crippen LogP contribution < -0.4 is 5.32 Å². The predicted octanol–water partition coefficient (Wildman–Crippen LogP) is 2.77. The van der Waals surface area contributed by atoms with E-state index >= 15 is 0 Å². The number of alkyl carbamates (subject to hydrolysis) is 1. The number of piperidine rings is 1. The van der Waals surface area contributed by atoms with Gasteiger partial charge in [0, 0.05) is 42.9 Å². The zero-order valence-corrected chi connectivity index (χ0v) is 22.0. The summed E-state index contributed by atoms with van der Waals surface area (Å²) in [5.74, 6) is 0.295. The van der Waals surface area contributed by atoms with Crippen molar-refractivity contribution in [1.82, 2.24) is 10.2 Å². The van der Waals surface area contributed by atoms with Crippen LogP contribution in [0.4, 0.5) is 4.79 Å². The van der Waals surface area contributed by atoms with Crippen LogP contribution in [0.5, 0.6) is 0 Å². The SMILES string of the molecule is CCOC[C@]1(C)C[C@@H](OC(=O)NC(=O)[C@H]2CN3CC[C@@H]2C3)[C@]23C[C@@H]2CCC2(CCC(=O)C23)[C@@H](C)[C@@H]1O. The lowest BCUT2D eigenvalue weighted by Gasteiger charge is -2.56. The smallest absolute Gasteiger partial charge is 0.414 e. The van der Waals surface area contributed by atoms with Crippen LogP contribution in [0.3, 0.4) is 0 Å². The Labute approximate surface area is 213 Å². The molecule has 0 radical (unpaired) electrons. The highest BCUT2D eigenvalue weighted by molar-refractivity contribution is 5.93. The third kappa shape index (κ3) is 3.46. The highest BCUT2D eigenvalue weighted by Gasteiger charge is 2.77. The molecule has 36 heavy (non-hydrogen) atoms. The molecule has 3 unspecified atom stereocenters. The van der Waals surface area contributed by atoms with Gasteiger partial charge in [0.2, 0.25) is 5.91 Å². The molecule has 0 aromatic heterocycles. The average molecular weight is 503 g/mol. The lowest BCUT2D eigenvalue weighted by Crippen LogP contribution is -2.59. The van der Waals surface area contributed by atoms with Crippen LogP contribution in [0.15, 0.2) is 0 Å². The highest BCUT2D eigenvalue weighted by Crippen LogP contribution is 2.77. The number of ketones is 1. The Morgan fingerprint density at radius 1 is 1.19 bits per heavy atom. The maximum atomic E-state index is 13.4. The molecule has 2 amide bonds. The summed E-state index contributed by atoms with van der Waals surface area (Å²) in [5, 5.41) is 14.3. The topological polar surface area (TPSA) is 105 Å². The van der Waals surface area contributed by atoms with E-state index in [9.17, 15) is 19.5 Å². The summed E-state index contributed by atoms with van der Waals surface area (Å²) in [5.41, 5.74) is -1.27. The molecule has 11 atom stereocenters. The number of carbonyl (C=O) groups excluding carboxylic acids is 3. The van der Waals surface area contributed by atoms with Crippen LogP contribution in [0.25, 0.3) is 0 Å². The molecule has 6 rings (SSSR count). The summed E-state index contributed by atoms with van der Waals surface area (Å²) in [6, 6.07) is 0. The Hall–Kier alpha value is -1.51. The van der Waals surface area contributed by atoms with Gasteiger partial charge in [-0.3, -0.25) is 14.9 Å². The third-order valence-corrected chi connectivity index (χ3v) is 11.6. The molecule has 2 aliphatic heterocycles. The van der Waals surface area contributed by atoms with Gasteiger partial charge in [0.15, 0.2) is 0 Å². The lowest BCUT2D eigenvalue weighted by molar-refractivity contribution is -0.173. The average Bonchev–Trinajstić information content (AvgIpc) is 3.13. The first kappa shape index (κ1) is 24.8. The maximum Gasteiger partial charge on any atom is 0.414 e. The monoisotopic (exact) mass is 502 g/mol. The Kier molecular flexibility index (Phi) is 5.86. The summed E-state index contributed by atoms with van der Waals surface area (Å²) in [4.78, 5) is 41.9. The molecule has 8 nitrogen and oxygen atoms in total. The molecule has 2 N–H and O–H groups in total. The minimum Gasteiger partial charge on any atom is -0.445 e. The van der Waals surface area contributed by atoms with Gasteiger partial charge in [-0.15, -0.1) is 0 Å². The Bertz CT molecular complexity index is 956. The van der Waals surface area contributed by atoms with E-state index in [1.807, 2.05) is 13.8 Å². The standard InChI is InChI=1S/C28H42N2O6/c1-4-35-15-26(3)12-21(36-25(34)29-24(33)19-14-30-10-7-17(19)13-30)28-11-18(28)5-8-27(16(2)23(26)32)9-6-20(31)22(27)28/h16-19,21-23,32H,4-15H2,1-3H3,(H,29,33,34)/t16-,17+,18-,19-,21+,22?,23-,26-,27?,28-/m0/s1. The van der Waals surface area contributed by atoms with E-state index in [2.05, 4.69) is 17.1 Å². The molecule has 4 bridgehead atoms. The second kappa shape index (κ2) is 8.50.